The lowest BCUT2D eigenvalue weighted by molar-refractivity contribution is -0.118. The second-order valence-corrected chi connectivity index (χ2v) is 6.56. The first-order valence-corrected chi connectivity index (χ1v) is 8.83. The van der Waals surface area contributed by atoms with E-state index in [9.17, 15) is 9.59 Å². The van der Waals surface area contributed by atoms with Crippen LogP contribution in [0, 0.1) is 0 Å². The van der Waals surface area contributed by atoms with Gasteiger partial charge in [0.25, 0.3) is 0 Å². The van der Waals surface area contributed by atoms with Crippen molar-refractivity contribution in [1.29, 1.82) is 0 Å². The van der Waals surface area contributed by atoms with Crippen LogP contribution in [0.5, 0.6) is 0 Å². The number of carbonyl (C=O) groups is 2. The molecule has 3 N–H and O–H groups in total. The number of amides is 2. The zero-order valence-electron chi connectivity index (χ0n) is 13.4. The van der Waals surface area contributed by atoms with Crippen LogP contribution in [0.4, 0.5) is 5.69 Å². The number of carbonyl (C=O) groups excluding carboxylic acids is 2. The fourth-order valence-electron chi connectivity index (χ4n) is 2.14. The molecule has 8 nitrogen and oxygen atoms in total. The molecule has 0 saturated heterocycles. The number of nitrogens with two attached hydrogens (primary N) is 1. The number of aromatic nitrogens is 3. The molecule has 0 aliphatic carbocycles. The molecule has 0 aliphatic rings. The van der Waals surface area contributed by atoms with Crippen molar-refractivity contribution in [3.05, 3.63) is 47.7 Å². The molecule has 0 saturated carbocycles. The van der Waals surface area contributed by atoms with Crippen molar-refractivity contribution < 1.29 is 14.0 Å². The van der Waals surface area contributed by atoms with E-state index in [4.69, 9.17) is 21.8 Å². The van der Waals surface area contributed by atoms with Gasteiger partial charge in [0.15, 0.2) is 10.9 Å². The minimum absolute atomic E-state index is 0.0810. The maximum Gasteiger partial charge on any atom is 0.237 e. The molecule has 3 aromatic rings. The molecule has 0 spiro atoms. The number of hydrogen-bond acceptors (Lipinski definition) is 6. The fourth-order valence-corrected chi connectivity index (χ4v) is 3.01. The molecule has 0 unspecified atom stereocenters. The maximum atomic E-state index is 12.1. The average Bonchev–Trinajstić information content (AvgIpc) is 3.24. The molecular formula is C16H14ClN5O3S. The summed E-state index contributed by atoms with van der Waals surface area (Å²) in [7, 11) is 0. The highest BCUT2D eigenvalue weighted by Crippen LogP contribution is 2.24. The van der Waals surface area contributed by atoms with E-state index in [2.05, 4.69) is 15.5 Å². The first-order chi connectivity index (χ1) is 12.5. The Morgan fingerprint density at radius 3 is 2.65 bits per heavy atom. The van der Waals surface area contributed by atoms with Crippen LogP contribution in [0.15, 0.2) is 52.2 Å². The SMILES string of the molecule is NC(=O)Cn1c(SCC(=O)Nc2ccc(Cl)cc2)nnc1-c1ccco1. The summed E-state index contributed by atoms with van der Waals surface area (Å²) in [6.45, 7) is -0.121. The van der Waals surface area contributed by atoms with Gasteiger partial charge in [-0.3, -0.25) is 14.2 Å². The molecule has 10 heteroatoms. The van der Waals surface area contributed by atoms with Crippen LogP contribution in [0.25, 0.3) is 11.6 Å². The van der Waals surface area contributed by atoms with Crippen molar-refractivity contribution in [3.63, 3.8) is 0 Å². The van der Waals surface area contributed by atoms with E-state index in [1.54, 1.807) is 36.4 Å². The van der Waals surface area contributed by atoms with Crippen LogP contribution >= 0.6 is 23.4 Å². The van der Waals surface area contributed by atoms with E-state index in [0.29, 0.717) is 27.5 Å². The molecule has 1 aromatic carbocycles. The lowest BCUT2D eigenvalue weighted by Gasteiger charge is -2.07. The maximum absolute atomic E-state index is 12.1. The summed E-state index contributed by atoms with van der Waals surface area (Å²) in [6.07, 6.45) is 1.49. The highest BCUT2D eigenvalue weighted by molar-refractivity contribution is 7.99. The van der Waals surface area contributed by atoms with Gasteiger partial charge < -0.3 is 15.5 Å². The van der Waals surface area contributed by atoms with Crippen molar-refractivity contribution in [2.75, 3.05) is 11.1 Å². The Labute approximate surface area is 157 Å². The van der Waals surface area contributed by atoms with E-state index >= 15 is 0 Å². The van der Waals surface area contributed by atoms with E-state index in [0.717, 1.165) is 11.8 Å². The van der Waals surface area contributed by atoms with Crippen LogP contribution < -0.4 is 11.1 Å². The smallest absolute Gasteiger partial charge is 0.237 e. The second-order valence-electron chi connectivity index (χ2n) is 5.18. The number of hydrogen-bond donors (Lipinski definition) is 2. The Kier molecular flexibility index (Phi) is 5.59. The molecular weight excluding hydrogens is 378 g/mol. The molecule has 134 valence electrons. The zero-order valence-corrected chi connectivity index (χ0v) is 15.0. The van der Waals surface area contributed by atoms with Gasteiger partial charge in [-0.1, -0.05) is 23.4 Å². The summed E-state index contributed by atoms with van der Waals surface area (Å²) in [6, 6.07) is 10.2. The molecule has 3 rings (SSSR count). The average molecular weight is 392 g/mol. The van der Waals surface area contributed by atoms with Gasteiger partial charge >= 0.3 is 0 Å². The van der Waals surface area contributed by atoms with Crippen LogP contribution in [0.1, 0.15) is 0 Å². The number of rotatable bonds is 7. The number of anilines is 1. The molecule has 2 aromatic heterocycles. The molecule has 2 heterocycles. The lowest BCUT2D eigenvalue weighted by Crippen LogP contribution is -2.20. The standard InChI is InChI=1S/C16H14ClN5O3S/c17-10-3-5-11(6-4-10)19-14(24)9-26-16-21-20-15(12-2-1-7-25-12)22(16)8-13(18)23/h1-7H,8-9H2,(H2,18,23)(H,19,24). The van der Waals surface area contributed by atoms with Crippen molar-refractivity contribution in [2.24, 2.45) is 5.73 Å². The highest BCUT2D eigenvalue weighted by atomic mass is 35.5. The second kappa shape index (κ2) is 8.07. The van der Waals surface area contributed by atoms with Gasteiger partial charge in [-0.05, 0) is 36.4 Å². The summed E-state index contributed by atoms with van der Waals surface area (Å²) >= 11 is 6.95. The Bertz CT molecular complexity index is 909. The van der Waals surface area contributed by atoms with Gasteiger partial charge in [0.2, 0.25) is 17.6 Å². The Balaban J connectivity index is 1.70. The van der Waals surface area contributed by atoms with Crippen LogP contribution in [-0.4, -0.2) is 32.3 Å². The van der Waals surface area contributed by atoms with Gasteiger partial charge in [-0.25, -0.2) is 0 Å². The molecule has 0 atom stereocenters. The molecule has 0 radical (unpaired) electrons. The van der Waals surface area contributed by atoms with Crippen LogP contribution in [0.3, 0.4) is 0 Å². The monoisotopic (exact) mass is 391 g/mol. The molecule has 0 fully saturated rings. The predicted octanol–water partition coefficient (Wildman–Crippen LogP) is 2.41. The van der Waals surface area contributed by atoms with Gasteiger partial charge in [-0.15, -0.1) is 10.2 Å². The Morgan fingerprint density at radius 2 is 2.00 bits per heavy atom. The number of halogens is 1. The Hall–Kier alpha value is -2.78. The first-order valence-electron chi connectivity index (χ1n) is 7.46. The largest absolute Gasteiger partial charge is 0.461 e. The third-order valence-electron chi connectivity index (χ3n) is 3.23. The third kappa shape index (κ3) is 4.44. The van der Waals surface area contributed by atoms with Gasteiger partial charge in [0, 0.05) is 10.7 Å². The number of furan rings is 1. The van der Waals surface area contributed by atoms with E-state index in [-0.39, 0.29) is 18.2 Å². The molecule has 0 bridgehead atoms. The van der Waals surface area contributed by atoms with Gasteiger partial charge in [0.05, 0.1) is 12.0 Å². The summed E-state index contributed by atoms with van der Waals surface area (Å²) in [5, 5.41) is 11.8. The van der Waals surface area contributed by atoms with E-state index in [1.165, 1.54) is 10.8 Å². The summed E-state index contributed by atoms with van der Waals surface area (Å²) in [5.74, 6) is 0.124. The fraction of sp³-hybridized carbons (Fsp3) is 0.125. The van der Waals surface area contributed by atoms with E-state index < -0.39 is 5.91 Å². The van der Waals surface area contributed by atoms with Gasteiger partial charge in [0.1, 0.15) is 6.54 Å². The summed E-state index contributed by atoms with van der Waals surface area (Å²) in [4.78, 5) is 23.5. The highest BCUT2D eigenvalue weighted by Gasteiger charge is 2.18. The summed E-state index contributed by atoms with van der Waals surface area (Å²) in [5.41, 5.74) is 5.93. The first kappa shape index (κ1) is 18.0. The number of nitrogens with zero attached hydrogens (tertiary/aromatic N) is 3. The topological polar surface area (TPSA) is 116 Å². The third-order valence-corrected chi connectivity index (χ3v) is 4.45. The van der Waals surface area contributed by atoms with Crippen molar-refractivity contribution in [3.8, 4) is 11.6 Å². The quantitative estimate of drug-likeness (QED) is 0.597. The Morgan fingerprint density at radius 1 is 1.23 bits per heavy atom. The molecule has 0 aliphatic heterocycles. The minimum atomic E-state index is -0.551. The summed E-state index contributed by atoms with van der Waals surface area (Å²) < 4.78 is 6.81. The van der Waals surface area contributed by atoms with Crippen molar-refractivity contribution in [1.82, 2.24) is 14.8 Å². The molecule has 2 amide bonds. The predicted molar refractivity (Wildman–Crippen MR) is 97.7 cm³/mol. The van der Waals surface area contributed by atoms with Crippen LogP contribution in [0.2, 0.25) is 5.02 Å². The van der Waals surface area contributed by atoms with Crippen molar-refractivity contribution in [2.45, 2.75) is 11.7 Å². The number of benzene rings is 1. The van der Waals surface area contributed by atoms with Gasteiger partial charge in [-0.2, -0.15) is 0 Å². The number of nitrogens with one attached hydrogen (secondary N) is 1. The van der Waals surface area contributed by atoms with Crippen molar-refractivity contribution >= 4 is 40.9 Å². The van der Waals surface area contributed by atoms with E-state index in [1.807, 2.05) is 0 Å². The zero-order chi connectivity index (χ0) is 18.5. The normalized spacial score (nSPS) is 10.7. The van der Waals surface area contributed by atoms with Crippen LogP contribution in [-0.2, 0) is 16.1 Å². The number of thioether (sulfide) groups is 1. The number of primary amides is 1. The molecule has 26 heavy (non-hydrogen) atoms. The lowest BCUT2D eigenvalue weighted by atomic mass is 10.3. The minimum Gasteiger partial charge on any atom is -0.461 e.